The maximum absolute atomic E-state index is 5.93. The molecule has 2 N–H and O–H groups in total. The first kappa shape index (κ1) is 19.8. The van der Waals surface area contributed by atoms with Gasteiger partial charge in [0.15, 0.2) is 5.96 Å². The van der Waals surface area contributed by atoms with E-state index in [1.165, 1.54) is 5.56 Å². The Morgan fingerprint density at radius 2 is 1.96 bits per heavy atom. The fourth-order valence-electron chi connectivity index (χ4n) is 2.53. The van der Waals surface area contributed by atoms with Gasteiger partial charge in [0.1, 0.15) is 18.4 Å². The maximum Gasteiger partial charge on any atom is 0.191 e. The minimum Gasteiger partial charge on any atom is -0.491 e. The number of rotatable bonds is 9. The highest BCUT2D eigenvalue weighted by Crippen LogP contribution is 2.21. The number of aromatic nitrogens is 3. The molecule has 7 heteroatoms. The monoisotopic (exact) mass is 358 g/mol. The zero-order chi connectivity index (χ0) is 18.8. The normalized spacial score (nSPS) is 11.7. The molecule has 142 valence electrons. The maximum atomic E-state index is 5.93. The minimum atomic E-state index is 0.152. The van der Waals surface area contributed by atoms with Crippen LogP contribution in [0.4, 0.5) is 0 Å². The molecule has 0 unspecified atom stereocenters. The van der Waals surface area contributed by atoms with E-state index in [0.29, 0.717) is 6.54 Å². The number of ether oxygens (including phenoxy) is 1. The summed E-state index contributed by atoms with van der Waals surface area (Å²) < 4.78 is 7.91. The Balaban J connectivity index is 1.76. The van der Waals surface area contributed by atoms with Crippen LogP contribution in [0.15, 0.2) is 35.8 Å². The lowest BCUT2D eigenvalue weighted by Crippen LogP contribution is -2.37. The Bertz CT molecular complexity index is 681. The third kappa shape index (κ3) is 6.74. The molecule has 0 aliphatic heterocycles. The smallest absolute Gasteiger partial charge is 0.191 e. The second kappa shape index (κ2) is 10.4. The molecule has 0 fully saturated rings. The first-order valence-corrected chi connectivity index (χ1v) is 9.11. The van der Waals surface area contributed by atoms with Crippen molar-refractivity contribution in [3.05, 3.63) is 42.0 Å². The lowest BCUT2D eigenvalue weighted by atomic mass is 10.1. The molecule has 0 atom stereocenters. The number of nitrogens with one attached hydrogen (secondary N) is 2. The van der Waals surface area contributed by atoms with E-state index in [0.717, 1.165) is 43.2 Å². The highest BCUT2D eigenvalue weighted by atomic mass is 16.5. The van der Waals surface area contributed by atoms with Gasteiger partial charge in [0.2, 0.25) is 0 Å². The molecule has 2 rings (SSSR count). The van der Waals surface area contributed by atoms with Gasteiger partial charge in [0.25, 0.3) is 0 Å². The third-order valence-electron chi connectivity index (χ3n) is 3.86. The summed E-state index contributed by atoms with van der Waals surface area (Å²) in [5.41, 5.74) is 2.32. The third-order valence-corrected chi connectivity index (χ3v) is 3.86. The zero-order valence-electron chi connectivity index (χ0n) is 16.2. The van der Waals surface area contributed by atoms with Crippen LogP contribution in [0.2, 0.25) is 0 Å². The molecule has 0 spiro atoms. The molecule has 7 nitrogen and oxygen atoms in total. The summed E-state index contributed by atoms with van der Waals surface area (Å²) in [5, 5.41) is 14.3. The van der Waals surface area contributed by atoms with E-state index < -0.39 is 0 Å². The van der Waals surface area contributed by atoms with Crippen molar-refractivity contribution in [2.75, 3.05) is 13.6 Å². The van der Waals surface area contributed by atoms with Crippen LogP contribution in [0.5, 0.6) is 5.75 Å². The molecule has 0 aliphatic rings. The van der Waals surface area contributed by atoms with Crippen LogP contribution in [-0.2, 0) is 13.1 Å². The molecular weight excluding hydrogens is 328 g/mol. The Kier molecular flexibility index (Phi) is 7.92. The average Bonchev–Trinajstić information content (AvgIpc) is 3.11. The number of benzene rings is 1. The number of hydrogen-bond acceptors (Lipinski definition) is 4. The van der Waals surface area contributed by atoms with Crippen LogP contribution in [0, 0.1) is 6.92 Å². The Morgan fingerprint density at radius 1 is 1.19 bits per heavy atom. The molecule has 1 aromatic heterocycles. The summed E-state index contributed by atoms with van der Waals surface area (Å²) in [6.07, 6.45) is 5.74. The standard InChI is InChI=1S/C19H30N6O/c1-15(2)26-18-11-16(3)7-8-17(18)12-22-19(20-4)21-9-5-6-10-25-13-23-24-14-25/h7-8,11,13-15H,5-6,9-10,12H2,1-4H3,(H2,20,21,22). The van der Waals surface area contributed by atoms with E-state index in [9.17, 15) is 0 Å². The Morgan fingerprint density at radius 3 is 2.65 bits per heavy atom. The largest absolute Gasteiger partial charge is 0.491 e. The van der Waals surface area contributed by atoms with Crippen LogP contribution >= 0.6 is 0 Å². The molecule has 1 aromatic carbocycles. The molecule has 0 amide bonds. The van der Waals surface area contributed by atoms with Gasteiger partial charge in [-0.25, -0.2) is 0 Å². The fraction of sp³-hybridized carbons (Fsp3) is 0.526. The number of unbranched alkanes of at least 4 members (excludes halogenated alkanes) is 1. The van der Waals surface area contributed by atoms with Crippen molar-refractivity contribution < 1.29 is 4.74 Å². The average molecular weight is 358 g/mol. The Labute approximate surface area is 155 Å². The van der Waals surface area contributed by atoms with E-state index in [1.807, 2.05) is 18.4 Å². The van der Waals surface area contributed by atoms with E-state index in [4.69, 9.17) is 4.74 Å². The van der Waals surface area contributed by atoms with Crippen molar-refractivity contribution >= 4 is 5.96 Å². The SMILES string of the molecule is CN=C(NCCCCn1cnnc1)NCc1ccc(C)cc1OC(C)C. The summed E-state index contributed by atoms with van der Waals surface area (Å²) >= 11 is 0. The van der Waals surface area contributed by atoms with Crippen molar-refractivity contribution in [1.29, 1.82) is 0 Å². The summed E-state index contributed by atoms with van der Waals surface area (Å²) in [7, 11) is 1.78. The van der Waals surface area contributed by atoms with Gasteiger partial charge in [-0.2, -0.15) is 0 Å². The summed E-state index contributed by atoms with van der Waals surface area (Å²) in [6.45, 7) is 8.62. The van der Waals surface area contributed by atoms with Crippen LogP contribution < -0.4 is 15.4 Å². The Hall–Kier alpha value is -2.57. The van der Waals surface area contributed by atoms with E-state index in [2.05, 4.69) is 50.9 Å². The first-order valence-electron chi connectivity index (χ1n) is 9.11. The van der Waals surface area contributed by atoms with Crippen molar-refractivity contribution in [1.82, 2.24) is 25.4 Å². The molecular formula is C19H30N6O. The van der Waals surface area contributed by atoms with Crippen molar-refractivity contribution in [3.8, 4) is 5.75 Å². The van der Waals surface area contributed by atoms with E-state index >= 15 is 0 Å². The van der Waals surface area contributed by atoms with E-state index in [-0.39, 0.29) is 6.10 Å². The summed E-state index contributed by atoms with van der Waals surface area (Å²) in [4.78, 5) is 4.29. The number of aryl methyl sites for hydroxylation is 2. The quantitative estimate of drug-likeness (QED) is 0.409. The van der Waals surface area contributed by atoms with Crippen LogP contribution in [-0.4, -0.2) is 40.4 Å². The number of nitrogens with zero attached hydrogens (tertiary/aromatic N) is 4. The molecule has 0 bridgehead atoms. The summed E-state index contributed by atoms with van der Waals surface area (Å²) in [6, 6.07) is 6.29. The molecule has 26 heavy (non-hydrogen) atoms. The van der Waals surface area contributed by atoms with Crippen LogP contribution in [0.1, 0.15) is 37.8 Å². The van der Waals surface area contributed by atoms with Crippen LogP contribution in [0.3, 0.4) is 0 Å². The molecule has 0 saturated heterocycles. The molecule has 1 heterocycles. The van der Waals surface area contributed by atoms with Gasteiger partial charge in [-0.1, -0.05) is 12.1 Å². The minimum absolute atomic E-state index is 0.152. The predicted octanol–water partition coefficient (Wildman–Crippen LogP) is 2.52. The number of aliphatic imine (C=N–C) groups is 1. The molecule has 0 radical (unpaired) electrons. The number of hydrogen-bond donors (Lipinski definition) is 2. The van der Waals surface area contributed by atoms with Crippen molar-refractivity contribution in [2.45, 2.75) is 52.8 Å². The predicted molar refractivity (Wildman–Crippen MR) is 104 cm³/mol. The highest BCUT2D eigenvalue weighted by molar-refractivity contribution is 5.79. The van der Waals surface area contributed by atoms with Gasteiger partial charge >= 0.3 is 0 Å². The van der Waals surface area contributed by atoms with Crippen molar-refractivity contribution in [2.24, 2.45) is 4.99 Å². The van der Waals surface area contributed by atoms with E-state index in [1.54, 1.807) is 19.7 Å². The molecule has 0 aliphatic carbocycles. The highest BCUT2D eigenvalue weighted by Gasteiger charge is 2.07. The van der Waals surface area contributed by atoms with Crippen LogP contribution in [0.25, 0.3) is 0 Å². The lowest BCUT2D eigenvalue weighted by molar-refractivity contribution is 0.239. The number of guanidine groups is 1. The summed E-state index contributed by atoms with van der Waals surface area (Å²) in [5.74, 6) is 1.72. The van der Waals surface area contributed by atoms with Gasteiger partial charge in [0, 0.05) is 32.2 Å². The topological polar surface area (TPSA) is 76.4 Å². The molecule has 0 saturated carbocycles. The fourth-order valence-corrected chi connectivity index (χ4v) is 2.53. The zero-order valence-corrected chi connectivity index (χ0v) is 16.2. The van der Waals surface area contributed by atoms with Gasteiger partial charge in [-0.3, -0.25) is 4.99 Å². The second-order valence-electron chi connectivity index (χ2n) is 6.54. The van der Waals surface area contributed by atoms with Gasteiger partial charge in [-0.05, 0) is 45.2 Å². The van der Waals surface area contributed by atoms with Crippen molar-refractivity contribution in [3.63, 3.8) is 0 Å². The first-order chi connectivity index (χ1) is 12.6. The van der Waals surface area contributed by atoms with Gasteiger partial charge in [-0.15, -0.1) is 10.2 Å². The van der Waals surface area contributed by atoms with Gasteiger partial charge in [0.05, 0.1) is 6.10 Å². The molecule has 2 aromatic rings. The second-order valence-corrected chi connectivity index (χ2v) is 6.54. The van der Waals surface area contributed by atoms with Gasteiger partial charge < -0.3 is 19.9 Å². The lowest BCUT2D eigenvalue weighted by Gasteiger charge is -2.17.